The summed E-state index contributed by atoms with van der Waals surface area (Å²) in [5, 5.41) is 35.4. The van der Waals surface area contributed by atoms with Crippen molar-refractivity contribution in [3.8, 4) is 29.6 Å². The Labute approximate surface area is 260 Å². The molecular formula is C39H19N5S. The SMILES string of the molecule is N#Cc1ccc2sc3ccc4c(c5ccccc5n4-c4cccc(-n5c6ccc(C#N)cc6c6cc(C#N)ccc65)c4)c3c2c1. The lowest BCUT2D eigenvalue weighted by Gasteiger charge is -2.13. The molecule has 9 rings (SSSR count). The number of thiophene rings is 1. The molecule has 0 amide bonds. The van der Waals surface area contributed by atoms with Crippen LogP contribution in [0.3, 0.4) is 0 Å². The highest BCUT2D eigenvalue weighted by atomic mass is 32.1. The highest BCUT2D eigenvalue weighted by Crippen LogP contribution is 2.44. The van der Waals surface area contributed by atoms with Gasteiger partial charge < -0.3 is 9.13 Å². The normalized spacial score (nSPS) is 11.5. The van der Waals surface area contributed by atoms with Crippen LogP contribution in [0.25, 0.3) is 75.2 Å². The second kappa shape index (κ2) is 9.30. The van der Waals surface area contributed by atoms with Gasteiger partial charge in [-0.15, -0.1) is 11.3 Å². The van der Waals surface area contributed by atoms with Gasteiger partial charge in [0.15, 0.2) is 0 Å². The van der Waals surface area contributed by atoms with Gasteiger partial charge in [-0.1, -0.05) is 24.3 Å². The number of benzene rings is 6. The number of fused-ring (bicyclic) bond motifs is 10. The summed E-state index contributed by atoms with van der Waals surface area (Å²) < 4.78 is 6.89. The predicted octanol–water partition coefficient (Wildman–Crippen LogP) is 9.86. The first kappa shape index (κ1) is 25.1. The second-order valence-electron chi connectivity index (χ2n) is 11.2. The molecule has 0 atom stereocenters. The molecule has 6 heteroatoms. The maximum atomic E-state index is 9.65. The molecule has 0 aliphatic heterocycles. The van der Waals surface area contributed by atoms with Gasteiger partial charge >= 0.3 is 0 Å². The fourth-order valence-electron chi connectivity index (χ4n) is 6.89. The second-order valence-corrected chi connectivity index (χ2v) is 12.2. The minimum atomic E-state index is 0.581. The van der Waals surface area contributed by atoms with Gasteiger partial charge in [-0.25, -0.2) is 0 Å². The van der Waals surface area contributed by atoms with E-state index < -0.39 is 0 Å². The van der Waals surface area contributed by atoms with Gasteiger partial charge in [-0.05, 0) is 91.0 Å². The third-order valence-electron chi connectivity index (χ3n) is 8.77. The van der Waals surface area contributed by atoms with Crippen LogP contribution in [0.5, 0.6) is 0 Å². The minimum absolute atomic E-state index is 0.581. The molecule has 0 fully saturated rings. The third kappa shape index (κ3) is 3.51. The van der Waals surface area contributed by atoms with E-state index >= 15 is 0 Å². The van der Waals surface area contributed by atoms with Crippen molar-refractivity contribution in [1.29, 1.82) is 15.8 Å². The van der Waals surface area contributed by atoms with Crippen molar-refractivity contribution >= 4 is 75.1 Å². The van der Waals surface area contributed by atoms with Crippen LogP contribution >= 0.6 is 11.3 Å². The van der Waals surface area contributed by atoms with E-state index in [0.717, 1.165) is 55.0 Å². The first-order valence-corrected chi connectivity index (χ1v) is 15.3. The van der Waals surface area contributed by atoms with Crippen molar-refractivity contribution in [3.63, 3.8) is 0 Å². The Morgan fingerprint density at radius 3 is 1.62 bits per heavy atom. The van der Waals surface area contributed by atoms with E-state index in [9.17, 15) is 15.8 Å². The number of nitrogens with zero attached hydrogens (tertiary/aromatic N) is 5. The van der Waals surface area contributed by atoms with Gasteiger partial charge in [0.1, 0.15) is 0 Å². The molecule has 0 unspecified atom stereocenters. The standard InChI is InChI=1S/C39H19N5S/c40-20-23-8-11-33-29(16-23)30-17-24(21-41)9-12-34(30)43(33)26-4-3-5-27(19-26)44-32-7-2-1-6-28(32)38-35(44)13-15-37-39(38)31-18-25(22-42)10-14-36(31)45-37/h1-19H. The lowest BCUT2D eigenvalue weighted by atomic mass is 10.0. The van der Waals surface area contributed by atoms with Crippen molar-refractivity contribution < 1.29 is 0 Å². The zero-order valence-electron chi connectivity index (χ0n) is 23.6. The summed E-state index contributed by atoms with van der Waals surface area (Å²) in [6.07, 6.45) is 0. The zero-order chi connectivity index (χ0) is 30.2. The Bertz CT molecular complexity index is 2790. The van der Waals surface area contributed by atoms with Crippen LogP contribution in [0, 0.1) is 34.0 Å². The fraction of sp³-hybridized carbons (Fsp3) is 0. The summed E-state index contributed by atoms with van der Waals surface area (Å²) >= 11 is 1.76. The molecule has 3 aromatic heterocycles. The predicted molar refractivity (Wildman–Crippen MR) is 182 cm³/mol. The molecule has 0 saturated heterocycles. The van der Waals surface area contributed by atoms with Crippen LogP contribution in [0.2, 0.25) is 0 Å². The molecule has 9 aromatic rings. The van der Waals surface area contributed by atoms with E-state index in [1.807, 2.05) is 48.5 Å². The minimum Gasteiger partial charge on any atom is -0.309 e. The highest BCUT2D eigenvalue weighted by Gasteiger charge is 2.19. The molecule has 0 saturated carbocycles. The lowest BCUT2D eigenvalue weighted by molar-refractivity contribution is 1.13. The smallest absolute Gasteiger partial charge is 0.0991 e. The Hall–Kier alpha value is -6.39. The van der Waals surface area contributed by atoms with Crippen molar-refractivity contribution in [2.75, 3.05) is 0 Å². The van der Waals surface area contributed by atoms with Gasteiger partial charge in [-0.3, -0.25) is 0 Å². The first-order chi connectivity index (χ1) is 22.2. The average Bonchev–Trinajstić information content (AvgIpc) is 3.74. The molecule has 0 aliphatic carbocycles. The Morgan fingerprint density at radius 2 is 0.956 bits per heavy atom. The molecule has 3 heterocycles. The van der Waals surface area contributed by atoms with Crippen molar-refractivity contribution in [3.05, 3.63) is 132 Å². The van der Waals surface area contributed by atoms with Crippen LogP contribution < -0.4 is 0 Å². The van der Waals surface area contributed by atoms with Crippen LogP contribution in [-0.4, -0.2) is 9.13 Å². The van der Waals surface area contributed by atoms with E-state index in [1.165, 1.54) is 20.2 Å². The zero-order valence-corrected chi connectivity index (χ0v) is 24.4. The molecule has 5 nitrogen and oxygen atoms in total. The molecule has 0 bridgehead atoms. The summed E-state index contributed by atoms with van der Waals surface area (Å²) in [5.74, 6) is 0. The molecular weight excluding hydrogens is 571 g/mol. The van der Waals surface area contributed by atoms with Crippen LogP contribution in [0.1, 0.15) is 16.7 Å². The number of nitriles is 3. The third-order valence-corrected chi connectivity index (χ3v) is 9.90. The molecule has 6 aromatic carbocycles. The highest BCUT2D eigenvalue weighted by molar-refractivity contribution is 7.26. The molecule has 45 heavy (non-hydrogen) atoms. The topological polar surface area (TPSA) is 81.2 Å². The fourth-order valence-corrected chi connectivity index (χ4v) is 7.98. The summed E-state index contributed by atoms with van der Waals surface area (Å²) in [6.45, 7) is 0. The van der Waals surface area contributed by atoms with E-state index in [1.54, 1.807) is 11.3 Å². The number of rotatable bonds is 2. The maximum Gasteiger partial charge on any atom is 0.0991 e. The van der Waals surface area contributed by atoms with Crippen LogP contribution in [-0.2, 0) is 0 Å². The Kier molecular flexibility index (Phi) is 5.20. The van der Waals surface area contributed by atoms with E-state index in [-0.39, 0.29) is 0 Å². The number of aromatic nitrogens is 2. The maximum absolute atomic E-state index is 9.65. The molecule has 206 valence electrons. The summed E-state index contributed by atoms with van der Waals surface area (Å²) in [7, 11) is 0. The van der Waals surface area contributed by atoms with Crippen molar-refractivity contribution in [2.45, 2.75) is 0 Å². The van der Waals surface area contributed by atoms with Crippen molar-refractivity contribution in [2.24, 2.45) is 0 Å². The van der Waals surface area contributed by atoms with Gasteiger partial charge in [0.2, 0.25) is 0 Å². The Morgan fingerprint density at radius 1 is 0.422 bits per heavy atom. The van der Waals surface area contributed by atoms with Crippen LogP contribution in [0.4, 0.5) is 0 Å². The van der Waals surface area contributed by atoms with E-state index in [4.69, 9.17) is 0 Å². The summed E-state index contributed by atoms with van der Waals surface area (Å²) in [4.78, 5) is 0. The lowest BCUT2D eigenvalue weighted by Crippen LogP contribution is -1.98. The van der Waals surface area contributed by atoms with E-state index in [0.29, 0.717) is 16.7 Å². The number of hydrogen-bond donors (Lipinski definition) is 0. The van der Waals surface area contributed by atoms with Crippen LogP contribution in [0.15, 0.2) is 115 Å². The molecule has 0 N–H and O–H groups in total. The summed E-state index contributed by atoms with van der Waals surface area (Å²) in [5.41, 5.74) is 7.97. The number of hydrogen-bond acceptors (Lipinski definition) is 4. The Balaban J connectivity index is 1.35. The molecule has 0 radical (unpaired) electrons. The number of para-hydroxylation sites is 1. The van der Waals surface area contributed by atoms with Gasteiger partial charge in [0, 0.05) is 53.1 Å². The quantitative estimate of drug-likeness (QED) is 0.201. The average molecular weight is 590 g/mol. The molecule has 0 aliphatic rings. The monoisotopic (exact) mass is 589 g/mol. The summed E-state index contributed by atoms with van der Waals surface area (Å²) in [6, 6.07) is 45.7. The van der Waals surface area contributed by atoms with Gasteiger partial charge in [0.05, 0.1) is 57.0 Å². The van der Waals surface area contributed by atoms with E-state index in [2.05, 4.69) is 94.1 Å². The molecule has 0 spiro atoms. The van der Waals surface area contributed by atoms with Crippen molar-refractivity contribution in [1.82, 2.24) is 9.13 Å². The van der Waals surface area contributed by atoms with Gasteiger partial charge in [0.25, 0.3) is 0 Å². The first-order valence-electron chi connectivity index (χ1n) is 14.4. The largest absolute Gasteiger partial charge is 0.309 e. The van der Waals surface area contributed by atoms with Gasteiger partial charge in [-0.2, -0.15) is 15.8 Å².